The number of hydrogen-bond donors (Lipinski definition) is 0. The molecule has 130 valence electrons. The molecule has 0 N–H and O–H groups in total. The van der Waals surface area contributed by atoms with E-state index in [0.717, 1.165) is 19.6 Å². The molecule has 0 aromatic carbocycles. The fraction of sp³-hybridized carbons (Fsp3) is 0.579. The first-order chi connectivity index (χ1) is 10.7. The maximum atomic E-state index is 4.57. The van der Waals surface area contributed by atoms with Crippen LogP contribution in [0.5, 0.6) is 0 Å². The molecule has 0 aromatic heterocycles. The Balaban J connectivity index is 0.00000264. The molecule has 3 nitrogen and oxygen atoms in total. The first kappa shape index (κ1) is 23.7. The number of aliphatic imine (C=N–C) groups is 1. The largest absolute Gasteiger partial charge is 2.00 e. The molecule has 2 rings (SSSR count). The van der Waals surface area contributed by atoms with Crippen LogP contribution in [0.4, 0.5) is 0 Å². The minimum absolute atomic E-state index is 0. The van der Waals surface area contributed by atoms with Crippen LogP contribution >= 0.6 is 0 Å². The van der Waals surface area contributed by atoms with E-state index >= 15 is 0 Å². The summed E-state index contributed by atoms with van der Waals surface area (Å²) in [6.45, 7) is 11.7. The average Bonchev–Trinajstić information content (AvgIpc) is 2.57. The zero-order chi connectivity index (χ0) is 15.9. The summed E-state index contributed by atoms with van der Waals surface area (Å²) in [6.07, 6.45) is 15.3. The molecule has 0 fully saturated rings. The Labute approximate surface area is 170 Å². The van der Waals surface area contributed by atoms with Crippen molar-refractivity contribution in [2.24, 2.45) is 10.9 Å². The topological polar surface area (TPSA) is 18.8 Å². The number of hydrogen-bond acceptors (Lipinski definition) is 3. The van der Waals surface area contributed by atoms with E-state index in [0.29, 0.717) is 12.0 Å². The van der Waals surface area contributed by atoms with E-state index in [4.69, 9.17) is 0 Å². The zero-order valence-corrected chi connectivity index (χ0v) is 17.5. The Morgan fingerprint density at radius 1 is 1.29 bits per heavy atom. The van der Waals surface area contributed by atoms with Crippen molar-refractivity contribution in [3.8, 4) is 0 Å². The van der Waals surface area contributed by atoms with Crippen LogP contribution in [0, 0.1) is 12.8 Å². The normalized spacial score (nSPS) is 22.3. The minimum atomic E-state index is 0. The number of dihydropyridines is 1. The van der Waals surface area contributed by atoms with Crippen molar-refractivity contribution in [2.45, 2.75) is 38.8 Å². The van der Waals surface area contributed by atoms with Crippen LogP contribution < -0.4 is 12.4 Å². The summed E-state index contributed by atoms with van der Waals surface area (Å²) in [5.41, 5.74) is 1.39. The minimum Gasteiger partial charge on any atom is -1.00 e. The molecule has 3 atom stereocenters. The smallest absolute Gasteiger partial charge is 1.00 e. The molecule has 1 aliphatic carbocycles. The molecule has 0 saturated heterocycles. The predicted octanol–water partition coefficient (Wildman–Crippen LogP) is -0.0548. The number of allylic oxidation sites excluding steroid dienone is 3. The van der Waals surface area contributed by atoms with Crippen LogP contribution in [0.1, 0.15) is 26.7 Å². The second kappa shape index (κ2) is 12.1. The quantitative estimate of drug-likeness (QED) is 0.447. The van der Waals surface area contributed by atoms with E-state index in [1.807, 2.05) is 6.21 Å². The van der Waals surface area contributed by atoms with Crippen molar-refractivity contribution in [3.63, 3.8) is 0 Å². The monoisotopic (exact) mass is 359 g/mol. The van der Waals surface area contributed by atoms with Crippen LogP contribution in [-0.2, 0) is 0 Å². The predicted molar refractivity (Wildman–Crippen MR) is 102 cm³/mol. The van der Waals surface area contributed by atoms with Gasteiger partial charge in [-0.2, -0.15) is 0 Å². The molecule has 1 aliphatic heterocycles. The molecule has 0 aromatic rings. The van der Waals surface area contributed by atoms with Crippen molar-refractivity contribution in [2.75, 3.05) is 26.7 Å². The van der Waals surface area contributed by atoms with Crippen molar-refractivity contribution in [1.29, 1.82) is 0 Å². The second-order valence-electron chi connectivity index (χ2n) is 6.21. The molecular formula is C19H30ClMgN3. The van der Waals surface area contributed by atoms with Crippen LogP contribution in [0.25, 0.3) is 0 Å². The van der Waals surface area contributed by atoms with Gasteiger partial charge in [-0.15, -0.1) is 6.54 Å². The van der Waals surface area contributed by atoms with E-state index in [1.165, 1.54) is 18.5 Å². The van der Waals surface area contributed by atoms with Gasteiger partial charge in [0.2, 0.25) is 0 Å². The van der Waals surface area contributed by atoms with Gasteiger partial charge in [-0.1, -0.05) is 31.2 Å². The average molecular weight is 360 g/mol. The fourth-order valence-electron chi connectivity index (χ4n) is 3.18. The fourth-order valence-corrected chi connectivity index (χ4v) is 3.18. The molecule has 1 heterocycles. The molecule has 5 heteroatoms. The van der Waals surface area contributed by atoms with Gasteiger partial charge in [-0.05, 0) is 38.9 Å². The van der Waals surface area contributed by atoms with E-state index in [9.17, 15) is 0 Å². The second-order valence-corrected chi connectivity index (χ2v) is 6.21. The maximum Gasteiger partial charge on any atom is 2.00 e. The number of fused-ring (bicyclic) bond motifs is 1. The first-order valence-corrected chi connectivity index (χ1v) is 8.50. The van der Waals surface area contributed by atoms with E-state index < -0.39 is 0 Å². The maximum absolute atomic E-state index is 4.57. The third-order valence-corrected chi connectivity index (χ3v) is 4.88. The molecule has 3 unspecified atom stereocenters. The van der Waals surface area contributed by atoms with E-state index in [2.05, 4.69) is 73.0 Å². The van der Waals surface area contributed by atoms with E-state index in [-0.39, 0.29) is 41.5 Å². The van der Waals surface area contributed by atoms with Gasteiger partial charge in [0.1, 0.15) is 0 Å². The third kappa shape index (κ3) is 6.21. The number of rotatable bonds is 8. The van der Waals surface area contributed by atoms with Gasteiger partial charge in [0.25, 0.3) is 0 Å². The SMILES string of the molecule is [CH2-]CN(CC)CCCC(C)N(C)C1=CC=NC2C=CC=CC12.[Cl-].[Mg+2]. The van der Waals surface area contributed by atoms with Crippen molar-refractivity contribution >= 4 is 29.3 Å². The van der Waals surface area contributed by atoms with Gasteiger partial charge in [0, 0.05) is 30.9 Å². The molecule has 24 heavy (non-hydrogen) atoms. The van der Waals surface area contributed by atoms with Gasteiger partial charge in [0.15, 0.2) is 0 Å². The molecule has 0 spiro atoms. The molecule has 0 amide bonds. The summed E-state index contributed by atoms with van der Waals surface area (Å²) in [5.74, 6) is 0.398. The summed E-state index contributed by atoms with van der Waals surface area (Å²) < 4.78 is 0. The van der Waals surface area contributed by atoms with Gasteiger partial charge in [0.05, 0.1) is 6.04 Å². The Hall–Kier alpha value is -0.294. The third-order valence-electron chi connectivity index (χ3n) is 4.88. The van der Waals surface area contributed by atoms with Crippen LogP contribution in [0.2, 0.25) is 0 Å². The molecule has 0 bridgehead atoms. The molecule has 0 saturated carbocycles. The first-order valence-electron chi connectivity index (χ1n) is 8.50. The Kier molecular flexibility index (Phi) is 12.0. The molecule has 2 aliphatic rings. The van der Waals surface area contributed by atoms with Gasteiger partial charge in [-0.3, -0.25) is 4.99 Å². The summed E-state index contributed by atoms with van der Waals surface area (Å²) in [7, 11) is 2.22. The van der Waals surface area contributed by atoms with Crippen molar-refractivity contribution in [3.05, 3.63) is 43.0 Å². The molecule has 0 radical (unpaired) electrons. The zero-order valence-electron chi connectivity index (χ0n) is 15.4. The number of halogens is 1. The Bertz CT molecular complexity index is 469. The Morgan fingerprint density at radius 2 is 2.00 bits per heavy atom. The van der Waals surface area contributed by atoms with Crippen LogP contribution in [0.15, 0.2) is 41.1 Å². The van der Waals surface area contributed by atoms with Crippen molar-refractivity contribution in [1.82, 2.24) is 9.80 Å². The Morgan fingerprint density at radius 3 is 2.67 bits per heavy atom. The van der Waals surface area contributed by atoms with Crippen LogP contribution in [-0.4, -0.2) is 77.8 Å². The summed E-state index contributed by atoms with van der Waals surface area (Å²) in [6, 6.07) is 0.822. The standard InChI is InChI=1S/C19H30N3.ClH.Mg/c1-5-22(6-2)15-9-10-16(3)21(4)19-13-14-20-18-12-8-7-11-17(18)19;;/h7-8,11-14,16-18H,1,5-6,9-10,15H2,2-4H3;1H;/q-1;;+2/p-1. The van der Waals surface area contributed by atoms with Crippen LogP contribution in [0.3, 0.4) is 0 Å². The van der Waals surface area contributed by atoms with Gasteiger partial charge in [-0.25, -0.2) is 0 Å². The molecular weight excluding hydrogens is 330 g/mol. The summed E-state index contributed by atoms with van der Waals surface area (Å²) in [4.78, 5) is 9.40. The summed E-state index contributed by atoms with van der Waals surface area (Å²) >= 11 is 0. The number of nitrogens with zero attached hydrogens (tertiary/aromatic N) is 3. The van der Waals surface area contributed by atoms with Gasteiger partial charge < -0.3 is 29.1 Å². The van der Waals surface area contributed by atoms with Gasteiger partial charge >= 0.3 is 23.1 Å². The van der Waals surface area contributed by atoms with Crippen molar-refractivity contribution < 1.29 is 12.4 Å². The summed E-state index contributed by atoms with van der Waals surface area (Å²) in [5, 5.41) is 0. The van der Waals surface area contributed by atoms with E-state index in [1.54, 1.807) is 0 Å².